The van der Waals surface area contributed by atoms with Crippen LogP contribution in [0.3, 0.4) is 0 Å². The Balaban J connectivity index is 1.71. The average Bonchev–Trinajstić information content (AvgIpc) is 3.22. The molecule has 0 atom stereocenters. The van der Waals surface area contributed by atoms with Crippen LogP contribution >= 0.6 is 0 Å². The van der Waals surface area contributed by atoms with Gasteiger partial charge in [-0.1, -0.05) is 6.07 Å². The number of nitrogens with zero attached hydrogens (tertiary/aromatic N) is 5. The number of nitrogens with one attached hydrogen (secondary N) is 1. The van der Waals surface area contributed by atoms with Gasteiger partial charge in [0.15, 0.2) is 0 Å². The molecule has 1 aliphatic rings. The van der Waals surface area contributed by atoms with Crippen LogP contribution in [0.5, 0.6) is 0 Å². The predicted molar refractivity (Wildman–Crippen MR) is 102 cm³/mol. The summed E-state index contributed by atoms with van der Waals surface area (Å²) in [5, 5.41) is 3.28. The minimum Gasteiger partial charge on any atom is -0.365 e. The Hall–Kier alpha value is -2.70. The van der Waals surface area contributed by atoms with Crippen molar-refractivity contribution in [1.82, 2.24) is 19.9 Å². The van der Waals surface area contributed by atoms with Gasteiger partial charge >= 0.3 is 0 Å². The molecule has 1 saturated heterocycles. The number of carbonyl (C=O) groups excluding carboxylic acids is 1. The Kier molecular flexibility index (Phi) is 5.99. The smallest absolute Gasteiger partial charge is 0.274 e. The highest BCUT2D eigenvalue weighted by Crippen LogP contribution is 2.18. The van der Waals surface area contributed by atoms with E-state index in [4.69, 9.17) is 0 Å². The first-order chi connectivity index (χ1) is 12.7. The Labute approximate surface area is 154 Å². The molecule has 1 fully saturated rings. The maximum Gasteiger partial charge on any atom is 0.274 e. The molecule has 7 nitrogen and oxygen atoms in total. The Bertz CT molecular complexity index is 740. The molecule has 0 radical (unpaired) electrons. The average molecular weight is 354 g/mol. The molecule has 0 saturated carbocycles. The maximum atomic E-state index is 12.5. The van der Waals surface area contributed by atoms with Crippen molar-refractivity contribution < 1.29 is 4.79 Å². The lowest BCUT2D eigenvalue weighted by molar-refractivity contribution is 0.0786. The summed E-state index contributed by atoms with van der Waals surface area (Å²) >= 11 is 0. The number of carbonyl (C=O) groups is 1. The molecule has 7 heteroatoms. The van der Waals surface area contributed by atoms with Gasteiger partial charge in [0.05, 0.1) is 12.4 Å². The summed E-state index contributed by atoms with van der Waals surface area (Å²) in [5.74, 6) is 1.54. The molecule has 0 aliphatic carbocycles. The fourth-order valence-corrected chi connectivity index (χ4v) is 3.20. The molecular formula is C19H26N6O. The lowest BCUT2D eigenvalue weighted by Crippen LogP contribution is -2.28. The molecule has 2 aromatic heterocycles. The Morgan fingerprint density at radius 2 is 2.00 bits per heavy atom. The summed E-state index contributed by atoms with van der Waals surface area (Å²) in [5.41, 5.74) is 1.49. The quantitative estimate of drug-likeness (QED) is 0.824. The number of aromatic nitrogens is 3. The van der Waals surface area contributed by atoms with Crippen LogP contribution in [-0.2, 0) is 6.54 Å². The fraction of sp³-hybridized carbons (Fsp3) is 0.474. The van der Waals surface area contributed by atoms with Crippen LogP contribution in [0.4, 0.5) is 11.6 Å². The van der Waals surface area contributed by atoms with Crippen molar-refractivity contribution in [3.05, 3.63) is 42.0 Å². The molecule has 1 N–H and O–H groups in total. The number of likely N-dealkylation sites (tertiary alicyclic amines) is 1. The van der Waals surface area contributed by atoms with Gasteiger partial charge in [-0.15, -0.1) is 0 Å². The van der Waals surface area contributed by atoms with Gasteiger partial charge in [-0.3, -0.25) is 9.78 Å². The minimum atomic E-state index is -0.0381. The van der Waals surface area contributed by atoms with Crippen LogP contribution in [0.1, 0.15) is 42.7 Å². The number of hydrogen-bond donors (Lipinski definition) is 1. The van der Waals surface area contributed by atoms with Gasteiger partial charge in [-0.2, -0.15) is 0 Å². The van der Waals surface area contributed by atoms with Crippen LogP contribution in [-0.4, -0.2) is 51.9 Å². The monoisotopic (exact) mass is 354 g/mol. The topological polar surface area (TPSA) is 74.2 Å². The van der Waals surface area contributed by atoms with Gasteiger partial charge in [0, 0.05) is 44.5 Å². The zero-order valence-corrected chi connectivity index (χ0v) is 15.5. The third-order valence-electron chi connectivity index (χ3n) is 4.64. The van der Waals surface area contributed by atoms with E-state index in [-0.39, 0.29) is 5.91 Å². The van der Waals surface area contributed by atoms with Crippen molar-refractivity contribution in [2.75, 3.05) is 36.4 Å². The number of hydrogen-bond acceptors (Lipinski definition) is 6. The molecule has 138 valence electrons. The summed E-state index contributed by atoms with van der Waals surface area (Å²) in [6, 6.07) is 3.99. The normalized spacial score (nSPS) is 13.7. The number of rotatable bonds is 7. The lowest BCUT2D eigenvalue weighted by Gasteiger charge is -2.22. The Morgan fingerprint density at radius 1 is 1.23 bits per heavy atom. The van der Waals surface area contributed by atoms with Crippen molar-refractivity contribution in [3.63, 3.8) is 0 Å². The van der Waals surface area contributed by atoms with E-state index in [1.165, 1.54) is 6.20 Å². The van der Waals surface area contributed by atoms with Crippen LogP contribution in [0.2, 0.25) is 0 Å². The van der Waals surface area contributed by atoms with Gasteiger partial charge < -0.3 is 15.1 Å². The first-order valence-corrected chi connectivity index (χ1v) is 9.27. The molecule has 3 rings (SSSR count). The lowest BCUT2D eigenvalue weighted by atomic mass is 10.2. The number of amides is 1. The summed E-state index contributed by atoms with van der Waals surface area (Å²) in [7, 11) is 0. The van der Waals surface area contributed by atoms with Crippen molar-refractivity contribution >= 4 is 17.5 Å². The third-order valence-corrected chi connectivity index (χ3v) is 4.64. The standard InChI is InChI=1S/C19H26N6O/c1-3-24(4-2)18-15(8-7-9-21-18)12-22-17-14-20-13-16(23-17)19(26)25-10-5-6-11-25/h7-9,13-14H,3-6,10-12H2,1-2H3,(H,22,23). The van der Waals surface area contributed by atoms with Crippen molar-refractivity contribution in [3.8, 4) is 0 Å². The van der Waals surface area contributed by atoms with Crippen LogP contribution in [0, 0.1) is 0 Å². The highest BCUT2D eigenvalue weighted by atomic mass is 16.2. The van der Waals surface area contributed by atoms with E-state index in [0.717, 1.165) is 50.4 Å². The van der Waals surface area contributed by atoms with Crippen LogP contribution in [0.15, 0.2) is 30.7 Å². The second kappa shape index (κ2) is 8.60. The van der Waals surface area contributed by atoms with Gasteiger partial charge in [-0.25, -0.2) is 9.97 Å². The number of pyridine rings is 1. The van der Waals surface area contributed by atoms with E-state index < -0.39 is 0 Å². The van der Waals surface area contributed by atoms with E-state index >= 15 is 0 Å². The SMILES string of the molecule is CCN(CC)c1ncccc1CNc1cncc(C(=O)N2CCCC2)n1. The summed E-state index contributed by atoms with van der Waals surface area (Å²) in [6.07, 6.45) is 7.12. The fourth-order valence-electron chi connectivity index (χ4n) is 3.20. The van der Waals surface area contributed by atoms with Gasteiger partial charge in [0.25, 0.3) is 5.91 Å². The largest absolute Gasteiger partial charge is 0.365 e. The summed E-state index contributed by atoms with van der Waals surface area (Å²) in [6.45, 7) is 8.24. The van der Waals surface area contributed by atoms with Crippen molar-refractivity contribution in [1.29, 1.82) is 0 Å². The second-order valence-corrected chi connectivity index (χ2v) is 6.30. The van der Waals surface area contributed by atoms with Gasteiger partial charge in [-0.05, 0) is 32.8 Å². The molecule has 0 bridgehead atoms. The van der Waals surface area contributed by atoms with Crippen LogP contribution < -0.4 is 10.2 Å². The molecule has 0 aromatic carbocycles. The van der Waals surface area contributed by atoms with E-state index in [1.54, 1.807) is 6.20 Å². The predicted octanol–water partition coefficient (Wildman–Crippen LogP) is 2.57. The first kappa shape index (κ1) is 18.1. The zero-order chi connectivity index (χ0) is 18.4. The molecule has 0 spiro atoms. The third kappa shape index (κ3) is 4.09. The van der Waals surface area contributed by atoms with E-state index in [2.05, 4.69) is 45.1 Å². The zero-order valence-electron chi connectivity index (χ0n) is 15.5. The first-order valence-electron chi connectivity index (χ1n) is 9.27. The maximum absolute atomic E-state index is 12.5. The molecule has 0 unspecified atom stereocenters. The Morgan fingerprint density at radius 3 is 2.73 bits per heavy atom. The minimum absolute atomic E-state index is 0.0381. The van der Waals surface area contributed by atoms with Gasteiger partial charge in [0.2, 0.25) is 0 Å². The van der Waals surface area contributed by atoms with Crippen molar-refractivity contribution in [2.24, 2.45) is 0 Å². The molecule has 26 heavy (non-hydrogen) atoms. The molecule has 1 amide bonds. The van der Waals surface area contributed by atoms with Crippen LogP contribution in [0.25, 0.3) is 0 Å². The van der Waals surface area contributed by atoms with Gasteiger partial charge in [0.1, 0.15) is 17.3 Å². The van der Waals surface area contributed by atoms with E-state index in [1.807, 2.05) is 17.2 Å². The molecular weight excluding hydrogens is 328 g/mol. The van der Waals surface area contributed by atoms with Crippen molar-refractivity contribution in [2.45, 2.75) is 33.2 Å². The second-order valence-electron chi connectivity index (χ2n) is 6.30. The molecule has 3 heterocycles. The summed E-state index contributed by atoms with van der Waals surface area (Å²) < 4.78 is 0. The van der Waals surface area contributed by atoms with E-state index in [0.29, 0.717) is 18.1 Å². The molecule has 1 aliphatic heterocycles. The number of anilines is 2. The van der Waals surface area contributed by atoms with E-state index in [9.17, 15) is 4.79 Å². The highest BCUT2D eigenvalue weighted by molar-refractivity contribution is 5.92. The molecule has 2 aromatic rings. The summed E-state index contributed by atoms with van der Waals surface area (Å²) in [4.78, 5) is 29.7. The highest BCUT2D eigenvalue weighted by Gasteiger charge is 2.21.